The number of carbonyl (C=O) groups excluding carboxylic acids is 1. The zero-order chi connectivity index (χ0) is 20.4. The largest absolute Gasteiger partial charge is 0.304 e. The number of aromatic nitrogens is 4. The molecule has 0 aliphatic rings. The Morgan fingerprint density at radius 1 is 1.10 bits per heavy atom. The van der Waals surface area contributed by atoms with Crippen molar-refractivity contribution in [3.63, 3.8) is 0 Å². The van der Waals surface area contributed by atoms with Crippen molar-refractivity contribution in [2.24, 2.45) is 0 Å². The van der Waals surface area contributed by atoms with Crippen molar-refractivity contribution in [2.75, 3.05) is 5.32 Å². The molecule has 0 atom stereocenters. The zero-order valence-corrected chi connectivity index (χ0v) is 17.0. The van der Waals surface area contributed by atoms with E-state index >= 15 is 0 Å². The highest BCUT2D eigenvalue weighted by molar-refractivity contribution is 6.31. The van der Waals surface area contributed by atoms with Crippen molar-refractivity contribution in [1.82, 2.24) is 20.0 Å². The van der Waals surface area contributed by atoms with Gasteiger partial charge in [-0.2, -0.15) is 10.2 Å². The minimum Gasteiger partial charge on any atom is -0.304 e. The molecular formula is C21H17Cl2N5O. The average Bonchev–Trinajstić information content (AvgIpc) is 3.32. The average molecular weight is 426 g/mol. The Hall–Kier alpha value is -3.09. The summed E-state index contributed by atoms with van der Waals surface area (Å²) in [4.78, 5) is 12.6. The lowest BCUT2D eigenvalue weighted by Crippen LogP contribution is -2.13. The molecule has 4 rings (SSSR count). The lowest BCUT2D eigenvalue weighted by Gasteiger charge is -2.06. The number of amides is 1. The highest BCUT2D eigenvalue weighted by Gasteiger charge is 2.14. The van der Waals surface area contributed by atoms with Gasteiger partial charge in [-0.15, -0.1) is 0 Å². The van der Waals surface area contributed by atoms with Crippen LogP contribution >= 0.6 is 23.2 Å². The Bertz CT molecular complexity index is 1160. The molecule has 2 aromatic carbocycles. The summed E-state index contributed by atoms with van der Waals surface area (Å²) >= 11 is 12.1. The van der Waals surface area contributed by atoms with Crippen LogP contribution in [0, 0.1) is 6.92 Å². The summed E-state index contributed by atoms with van der Waals surface area (Å²) < 4.78 is 1.79. The molecule has 4 aromatic rings. The maximum atomic E-state index is 12.6. The molecule has 0 aliphatic heterocycles. The van der Waals surface area contributed by atoms with Crippen molar-refractivity contribution in [1.29, 1.82) is 0 Å². The number of aryl methyl sites for hydroxylation is 1. The molecule has 29 heavy (non-hydrogen) atoms. The predicted molar refractivity (Wildman–Crippen MR) is 115 cm³/mol. The number of nitrogens with zero attached hydrogens (tertiary/aromatic N) is 3. The lowest BCUT2D eigenvalue weighted by atomic mass is 10.1. The van der Waals surface area contributed by atoms with Crippen molar-refractivity contribution in [2.45, 2.75) is 13.5 Å². The lowest BCUT2D eigenvalue weighted by molar-refractivity contribution is 0.102. The topological polar surface area (TPSA) is 75.6 Å². The van der Waals surface area contributed by atoms with E-state index in [1.54, 1.807) is 22.9 Å². The quantitative estimate of drug-likeness (QED) is 0.461. The van der Waals surface area contributed by atoms with Crippen molar-refractivity contribution >= 4 is 34.9 Å². The van der Waals surface area contributed by atoms with Gasteiger partial charge in [0.2, 0.25) is 0 Å². The SMILES string of the molecule is Cc1cc(NC(=O)c2cc(-c3ccc(Cl)cc3)n[nH]2)nn1Cc1ccccc1Cl. The van der Waals surface area contributed by atoms with Crippen LogP contribution in [-0.4, -0.2) is 25.9 Å². The number of benzene rings is 2. The zero-order valence-electron chi connectivity index (χ0n) is 15.5. The van der Waals surface area contributed by atoms with Crippen LogP contribution in [0.2, 0.25) is 10.0 Å². The van der Waals surface area contributed by atoms with Crippen LogP contribution in [0.4, 0.5) is 5.82 Å². The number of rotatable bonds is 5. The van der Waals surface area contributed by atoms with E-state index in [2.05, 4.69) is 20.6 Å². The monoisotopic (exact) mass is 425 g/mol. The van der Waals surface area contributed by atoms with E-state index in [1.807, 2.05) is 49.4 Å². The van der Waals surface area contributed by atoms with Crippen LogP contribution in [0.15, 0.2) is 60.7 Å². The molecule has 0 spiro atoms. The Morgan fingerprint density at radius 2 is 1.86 bits per heavy atom. The summed E-state index contributed by atoms with van der Waals surface area (Å²) in [5, 5.41) is 15.5. The summed E-state index contributed by atoms with van der Waals surface area (Å²) in [6.07, 6.45) is 0. The third kappa shape index (κ3) is 4.34. The first-order chi connectivity index (χ1) is 14.0. The van der Waals surface area contributed by atoms with Gasteiger partial charge < -0.3 is 5.32 Å². The second-order valence-electron chi connectivity index (χ2n) is 6.55. The number of carbonyl (C=O) groups is 1. The highest BCUT2D eigenvalue weighted by Crippen LogP contribution is 2.21. The van der Waals surface area contributed by atoms with Gasteiger partial charge in [0.25, 0.3) is 5.91 Å². The molecule has 2 heterocycles. The standard InChI is InChI=1S/C21H17Cl2N5O/c1-13-10-20(27-28(13)12-15-4-2-3-5-17(15)23)24-21(29)19-11-18(25-26-19)14-6-8-16(22)9-7-14/h2-11H,12H2,1H3,(H,25,26)(H,24,27,29). The van der Waals surface area contributed by atoms with E-state index in [9.17, 15) is 4.79 Å². The van der Waals surface area contributed by atoms with Gasteiger partial charge in [-0.25, -0.2) is 0 Å². The molecular weight excluding hydrogens is 409 g/mol. The molecule has 2 N–H and O–H groups in total. The van der Waals surface area contributed by atoms with E-state index in [4.69, 9.17) is 23.2 Å². The molecule has 2 aromatic heterocycles. The Kier molecular flexibility index (Phi) is 5.38. The minimum absolute atomic E-state index is 0.319. The number of nitrogens with one attached hydrogen (secondary N) is 2. The van der Waals surface area contributed by atoms with E-state index in [1.165, 1.54) is 0 Å². The van der Waals surface area contributed by atoms with Gasteiger partial charge in [0.1, 0.15) is 5.69 Å². The molecule has 0 saturated carbocycles. The molecule has 8 heteroatoms. The van der Waals surface area contributed by atoms with Crippen molar-refractivity contribution in [3.05, 3.63) is 87.7 Å². The summed E-state index contributed by atoms with van der Waals surface area (Å²) in [5.74, 6) is 0.141. The van der Waals surface area contributed by atoms with Crippen molar-refractivity contribution in [3.8, 4) is 11.3 Å². The van der Waals surface area contributed by atoms with Gasteiger partial charge in [-0.3, -0.25) is 14.6 Å². The fourth-order valence-electron chi connectivity index (χ4n) is 2.91. The van der Waals surface area contributed by atoms with Gasteiger partial charge in [0, 0.05) is 27.4 Å². The maximum absolute atomic E-state index is 12.6. The molecule has 0 aliphatic carbocycles. The number of halogens is 2. The first-order valence-electron chi connectivity index (χ1n) is 8.90. The van der Waals surface area contributed by atoms with Crippen LogP contribution in [0.25, 0.3) is 11.3 Å². The first-order valence-corrected chi connectivity index (χ1v) is 9.66. The number of aromatic amines is 1. The normalized spacial score (nSPS) is 10.9. The first kappa shape index (κ1) is 19.2. The molecule has 0 bridgehead atoms. The number of hydrogen-bond acceptors (Lipinski definition) is 3. The molecule has 1 amide bonds. The molecule has 146 valence electrons. The van der Waals surface area contributed by atoms with Gasteiger partial charge in [0.05, 0.1) is 12.2 Å². The molecule has 0 unspecified atom stereocenters. The highest BCUT2D eigenvalue weighted by atomic mass is 35.5. The van der Waals surface area contributed by atoms with E-state index in [-0.39, 0.29) is 5.91 Å². The summed E-state index contributed by atoms with van der Waals surface area (Å²) in [5.41, 5.74) is 3.73. The number of hydrogen-bond donors (Lipinski definition) is 2. The Morgan fingerprint density at radius 3 is 2.62 bits per heavy atom. The molecule has 6 nitrogen and oxygen atoms in total. The van der Waals surface area contributed by atoms with Crippen LogP contribution in [-0.2, 0) is 6.54 Å². The van der Waals surface area contributed by atoms with Crippen LogP contribution in [0.3, 0.4) is 0 Å². The summed E-state index contributed by atoms with van der Waals surface area (Å²) in [6, 6.07) is 18.4. The molecule has 0 fully saturated rings. The Balaban J connectivity index is 1.48. The summed E-state index contributed by atoms with van der Waals surface area (Å²) in [6.45, 7) is 2.44. The van der Waals surface area contributed by atoms with Gasteiger partial charge in [0.15, 0.2) is 5.82 Å². The third-order valence-corrected chi connectivity index (χ3v) is 5.08. The van der Waals surface area contributed by atoms with Crippen LogP contribution in [0.1, 0.15) is 21.7 Å². The van der Waals surface area contributed by atoms with E-state index in [0.29, 0.717) is 33.8 Å². The minimum atomic E-state index is -0.319. The third-order valence-electron chi connectivity index (χ3n) is 4.46. The number of anilines is 1. The maximum Gasteiger partial charge on any atom is 0.274 e. The fourth-order valence-corrected chi connectivity index (χ4v) is 3.23. The predicted octanol–water partition coefficient (Wildman–Crippen LogP) is 5.19. The van der Waals surface area contributed by atoms with E-state index < -0.39 is 0 Å². The molecule has 0 radical (unpaired) electrons. The van der Waals surface area contributed by atoms with E-state index in [0.717, 1.165) is 16.8 Å². The number of H-pyrrole nitrogens is 1. The Labute approximate surface area is 177 Å². The van der Waals surface area contributed by atoms with Gasteiger partial charge in [-0.1, -0.05) is 53.5 Å². The smallest absolute Gasteiger partial charge is 0.274 e. The van der Waals surface area contributed by atoms with Crippen LogP contribution < -0.4 is 5.32 Å². The van der Waals surface area contributed by atoms with Gasteiger partial charge >= 0.3 is 0 Å². The fraction of sp³-hybridized carbons (Fsp3) is 0.0952. The van der Waals surface area contributed by atoms with Gasteiger partial charge in [-0.05, 0) is 36.8 Å². The second kappa shape index (κ2) is 8.11. The second-order valence-corrected chi connectivity index (χ2v) is 7.39. The van der Waals surface area contributed by atoms with Crippen molar-refractivity contribution < 1.29 is 4.79 Å². The molecule has 0 saturated heterocycles. The van der Waals surface area contributed by atoms with Crippen LogP contribution in [0.5, 0.6) is 0 Å². The summed E-state index contributed by atoms with van der Waals surface area (Å²) in [7, 11) is 0.